The third kappa shape index (κ3) is 5.10. The molecule has 0 radical (unpaired) electrons. The lowest BCUT2D eigenvalue weighted by atomic mass is 10.2. The van der Waals surface area contributed by atoms with Gasteiger partial charge >= 0.3 is 0 Å². The van der Waals surface area contributed by atoms with Crippen LogP contribution in [0.5, 0.6) is 5.75 Å². The molecule has 0 amide bonds. The fourth-order valence-electron chi connectivity index (χ4n) is 2.76. The lowest BCUT2D eigenvalue weighted by Gasteiger charge is -2.13. The first-order chi connectivity index (χ1) is 13.3. The van der Waals surface area contributed by atoms with Crippen LogP contribution in [-0.4, -0.2) is 29.4 Å². The summed E-state index contributed by atoms with van der Waals surface area (Å²) in [6.07, 6.45) is 3.71. The molecule has 6 heteroatoms. The highest BCUT2D eigenvalue weighted by atomic mass is 16.5. The van der Waals surface area contributed by atoms with Crippen LogP contribution in [0.2, 0.25) is 0 Å². The van der Waals surface area contributed by atoms with Crippen molar-refractivity contribution in [2.24, 2.45) is 4.99 Å². The predicted molar refractivity (Wildman–Crippen MR) is 108 cm³/mol. The van der Waals surface area contributed by atoms with Gasteiger partial charge in [-0.1, -0.05) is 30.3 Å². The fraction of sp³-hybridized carbons (Fsp3) is 0.238. The van der Waals surface area contributed by atoms with Crippen LogP contribution in [0.1, 0.15) is 18.1 Å². The predicted octanol–water partition coefficient (Wildman–Crippen LogP) is 3.14. The Balaban J connectivity index is 1.68. The lowest BCUT2D eigenvalue weighted by molar-refractivity contribution is 0.409. The molecule has 3 aromatic rings. The highest BCUT2D eigenvalue weighted by Gasteiger charge is 2.04. The number of benzene rings is 2. The average Bonchev–Trinajstić information content (AvgIpc) is 3.25. The molecule has 0 fully saturated rings. The van der Waals surface area contributed by atoms with Gasteiger partial charge in [-0.3, -0.25) is 0 Å². The number of aliphatic imine (C=N–C) groups is 1. The number of nitrogens with zero attached hydrogens (tertiary/aromatic N) is 3. The number of rotatable bonds is 7. The van der Waals surface area contributed by atoms with Gasteiger partial charge in [0, 0.05) is 31.0 Å². The Bertz CT molecular complexity index is 874. The quantitative estimate of drug-likeness (QED) is 0.500. The molecule has 3 rings (SSSR count). The topological polar surface area (TPSA) is 63.5 Å². The van der Waals surface area contributed by atoms with Gasteiger partial charge in [0.25, 0.3) is 0 Å². The van der Waals surface area contributed by atoms with Crippen LogP contribution in [0.3, 0.4) is 0 Å². The van der Waals surface area contributed by atoms with Crippen LogP contribution in [0.25, 0.3) is 5.69 Å². The molecule has 0 aliphatic rings. The second-order valence-corrected chi connectivity index (χ2v) is 5.98. The van der Waals surface area contributed by atoms with Crippen LogP contribution in [-0.2, 0) is 13.1 Å². The lowest BCUT2D eigenvalue weighted by Crippen LogP contribution is -2.36. The van der Waals surface area contributed by atoms with E-state index in [2.05, 4.69) is 34.8 Å². The number of hydrogen-bond acceptors (Lipinski definition) is 3. The molecular formula is C21H25N5O. The number of hydrogen-bond donors (Lipinski definition) is 2. The Labute approximate surface area is 159 Å². The van der Waals surface area contributed by atoms with Crippen molar-refractivity contribution in [2.75, 3.05) is 13.7 Å². The summed E-state index contributed by atoms with van der Waals surface area (Å²) < 4.78 is 7.25. The van der Waals surface area contributed by atoms with Crippen molar-refractivity contribution in [3.05, 3.63) is 78.1 Å². The Morgan fingerprint density at radius 3 is 2.78 bits per heavy atom. The zero-order valence-corrected chi connectivity index (χ0v) is 15.7. The maximum atomic E-state index is 5.41. The van der Waals surface area contributed by atoms with Gasteiger partial charge in [-0.05, 0) is 36.8 Å². The third-order valence-electron chi connectivity index (χ3n) is 4.08. The minimum atomic E-state index is 0.580. The van der Waals surface area contributed by atoms with Gasteiger partial charge in [0.05, 0.1) is 19.3 Å². The van der Waals surface area contributed by atoms with E-state index in [1.54, 1.807) is 13.3 Å². The SMILES string of the molecule is CCNC(=NCc1cccc(-n2cccn2)c1)NCc1ccccc1OC. The molecule has 2 N–H and O–H groups in total. The molecule has 140 valence electrons. The standard InChI is InChI=1S/C21H25N5O/c1-3-22-21(24-16-18-9-4-5-11-20(18)27-2)23-15-17-8-6-10-19(14-17)26-13-7-12-25-26/h4-14H,3,15-16H2,1-2H3,(H2,22,23,24). The van der Waals surface area contributed by atoms with Crippen molar-refractivity contribution in [2.45, 2.75) is 20.0 Å². The van der Waals surface area contributed by atoms with Crippen LogP contribution in [0, 0.1) is 0 Å². The largest absolute Gasteiger partial charge is 0.496 e. The summed E-state index contributed by atoms with van der Waals surface area (Å²) in [5.74, 6) is 1.64. The first kappa shape index (κ1) is 18.5. The zero-order valence-electron chi connectivity index (χ0n) is 15.7. The van der Waals surface area contributed by atoms with E-state index in [1.807, 2.05) is 53.3 Å². The minimum absolute atomic E-state index is 0.580. The van der Waals surface area contributed by atoms with Crippen LogP contribution < -0.4 is 15.4 Å². The van der Waals surface area contributed by atoms with Crippen LogP contribution >= 0.6 is 0 Å². The van der Waals surface area contributed by atoms with E-state index in [-0.39, 0.29) is 0 Å². The van der Waals surface area contributed by atoms with Crippen molar-refractivity contribution in [3.63, 3.8) is 0 Å². The van der Waals surface area contributed by atoms with E-state index in [0.29, 0.717) is 13.1 Å². The maximum absolute atomic E-state index is 5.41. The number of methoxy groups -OCH3 is 1. The molecule has 27 heavy (non-hydrogen) atoms. The van der Waals surface area contributed by atoms with E-state index < -0.39 is 0 Å². The molecule has 0 unspecified atom stereocenters. The monoisotopic (exact) mass is 363 g/mol. The van der Waals surface area contributed by atoms with Gasteiger partial charge in [0.15, 0.2) is 5.96 Å². The summed E-state index contributed by atoms with van der Waals surface area (Å²) >= 11 is 0. The fourth-order valence-corrected chi connectivity index (χ4v) is 2.76. The summed E-state index contributed by atoms with van der Waals surface area (Å²) in [6.45, 7) is 4.07. The van der Waals surface area contributed by atoms with Crippen molar-refractivity contribution < 1.29 is 4.74 Å². The summed E-state index contributed by atoms with van der Waals surface area (Å²) in [5, 5.41) is 10.9. The van der Waals surface area contributed by atoms with Crippen LogP contribution in [0.4, 0.5) is 0 Å². The summed E-state index contributed by atoms with van der Waals surface area (Å²) in [7, 11) is 1.69. The molecule has 0 bridgehead atoms. The van der Waals surface area contributed by atoms with E-state index in [0.717, 1.165) is 35.1 Å². The molecule has 0 spiro atoms. The van der Waals surface area contributed by atoms with Crippen LogP contribution in [0.15, 0.2) is 72.0 Å². The molecular weight excluding hydrogens is 338 g/mol. The molecule has 0 atom stereocenters. The molecule has 1 heterocycles. The molecule has 0 aliphatic heterocycles. The summed E-state index contributed by atoms with van der Waals surface area (Å²) in [4.78, 5) is 4.70. The van der Waals surface area contributed by atoms with Gasteiger partial charge < -0.3 is 15.4 Å². The zero-order chi connectivity index (χ0) is 18.9. The van der Waals surface area contributed by atoms with Crippen molar-refractivity contribution in [3.8, 4) is 11.4 Å². The van der Waals surface area contributed by atoms with E-state index in [4.69, 9.17) is 9.73 Å². The van der Waals surface area contributed by atoms with Crippen molar-refractivity contribution >= 4 is 5.96 Å². The average molecular weight is 363 g/mol. The van der Waals surface area contributed by atoms with Gasteiger partial charge in [-0.25, -0.2) is 9.67 Å². The third-order valence-corrected chi connectivity index (χ3v) is 4.08. The van der Waals surface area contributed by atoms with Gasteiger partial charge in [0.2, 0.25) is 0 Å². The smallest absolute Gasteiger partial charge is 0.191 e. The number of guanidine groups is 1. The van der Waals surface area contributed by atoms with Gasteiger partial charge in [-0.2, -0.15) is 5.10 Å². The van der Waals surface area contributed by atoms with E-state index in [1.165, 1.54) is 0 Å². The normalized spacial score (nSPS) is 11.3. The first-order valence-corrected chi connectivity index (χ1v) is 9.03. The van der Waals surface area contributed by atoms with E-state index >= 15 is 0 Å². The Hall–Kier alpha value is -3.28. The Morgan fingerprint density at radius 2 is 2.00 bits per heavy atom. The number of ether oxygens (including phenoxy) is 1. The highest BCUT2D eigenvalue weighted by molar-refractivity contribution is 5.79. The van der Waals surface area contributed by atoms with E-state index in [9.17, 15) is 0 Å². The molecule has 0 aliphatic carbocycles. The molecule has 0 saturated heterocycles. The first-order valence-electron chi connectivity index (χ1n) is 9.03. The van der Waals surface area contributed by atoms with Crippen molar-refractivity contribution in [1.82, 2.24) is 20.4 Å². The molecule has 0 saturated carbocycles. The van der Waals surface area contributed by atoms with Gasteiger partial charge in [-0.15, -0.1) is 0 Å². The van der Waals surface area contributed by atoms with Gasteiger partial charge in [0.1, 0.15) is 5.75 Å². The number of nitrogens with one attached hydrogen (secondary N) is 2. The maximum Gasteiger partial charge on any atom is 0.191 e. The molecule has 6 nitrogen and oxygen atoms in total. The summed E-state index contributed by atoms with van der Waals surface area (Å²) in [6, 6.07) is 18.1. The second kappa shape index (κ2) is 9.43. The highest BCUT2D eigenvalue weighted by Crippen LogP contribution is 2.16. The molecule has 1 aromatic heterocycles. The Morgan fingerprint density at radius 1 is 1.11 bits per heavy atom. The Kier molecular flexibility index (Phi) is 6.46. The number of para-hydroxylation sites is 1. The summed E-state index contributed by atoms with van der Waals surface area (Å²) in [5.41, 5.74) is 3.24. The minimum Gasteiger partial charge on any atom is -0.496 e. The molecule has 2 aromatic carbocycles. The second-order valence-electron chi connectivity index (χ2n) is 5.98. The van der Waals surface area contributed by atoms with Crippen molar-refractivity contribution in [1.29, 1.82) is 0 Å². The number of aromatic nitrogens is 2.